The summed E-state index contributed by atoms with van der Waals surface area (Å²) in [6.45, 7) is 0. The van der Waals surface area contributed by atoms with Gasteiger partial charge in [-0.1, -0.05) is 267 Å². The summed E-state index contributed by atoms with van der Waals surface area (Å²) in [5, 5.41) is 0. The van der Waals surface area contributed by atoms with Gasteiger partial charge in [-0.25, -0.2) is 0 Å². The van der Waals surface area contributed by atoms with E-state index in [1.807, 2.05) is 0 Å². The second kappa shape index (κ2) is 18.2. The quantitative estimate of drug-likeness (QED) is 0.132. The Balaban J connectivity index is 0.903. The molecule has 75 heavy (non-hydrogen) atoms. The van der Waals surface area contributed by atoms with Crippen molar-refractivity contribution in [3.05, 3.63) is 354 Å². The topological polar surface area (TPSA) is 3.24 Å². The number of hydrogen-bond acceptors (Lipinski definition) is 1. The smallest absolute Gasteiger partial charge is 0.0714 e. The fourth-order valence-electron chi connectivity index (χ4n) is 12.7. The monoisotopic (exact) mass is 953 g/mol. The van der Waals surface area contributed by atoms with Crippen LogP contribution in [0, 0.1) is 0 Å². The van der Waals surface area contributed by atoms with Crippen molar-refractivity contribution in [3.8, 4) is 55.6 Å². The maximum absolute atomic E-state index is 2.46. The van der Waals surface area contributed by atoms with Gasteiger partial charge in [-0.05, 0) is 143 Å². The maximum Gasteiger partial charge on any atom is 0.0714 e. The van der Waals surface area contributed by atoms with Gasteiger partial charge in [-0.3, -0.25) is 0 Å². The average molecular weight is 954 g/mol. The van der Waals surface area contributed by atoms with Crippen molar-refractivity contribution in [1.82, 2.24) is 0 Å². The predicted octanol–water partition coefficient (Wildman–Crippen LogP) is 18.9. The molecule has 0 saturated carbocycles. The van der Waals surface area contributed by atoms with E-state index in [2.05, 4.69) is 314 Å². The van der Waals surface area contributed by atoms with Crippen LogP contribution in [-0.4, -0.2) is 0 Å². The molecule has 352 valence electrons. The van der Waals surface area contributed by atoms with Crippen LogP contribution in [0.25, 0.3) is 55.6 Å². The summed E-state index contributed by atoms with van der Waals surface area (Å²) in [5.74, 6) is 0. The molecule has 0 fully saturated rings. The Morgan fingerprint density at radius 1 is 0.187 bits per heavy atom. The first-order valence-corrected chi connectivity index (χ1v) is 26.1. The Kier molecular flexibility index (Phi) is 10.7. The van der Waals surface area contributed by atoms with Gasteiger partial charge in [0.15, 0.2) is 0 Å². The minimum atomic E-state index is -0.527. The van der Waals surface area contributed by atoms with Crippen LogP contribution in [0.4, 0.5) is 17.1 Å². The Morgan fingerprint density at radius 2 is 0.493 bits per heavy atom. The SMILES string of the molecule is c1ccc(-c2ccc(-c3ccc(N(c4ccc(-c5ccc6c(c5)-c5ccccc5C6(c5ccccc5)c5ccccc5)cc4)c4ccc5c(c4)C(c4ccccc4)(c4ccccc4)c4ccccc4-5)cc3)cc2)cc1. The third-order valence-corrected chi connectivity index (χ3v) is 16.1. The summed E-state index contributed by atoms with van der Waals surface area (Å²) in [5.41, 5.74) is 24.8. The lowest BCUT2D eigenvalue weighted by molar-refractivity contribution is 0.768. The predicted molar refractivity (Wildman–Crippen MR) is 312 cm³/mol. The highest BCUT2D eigenvalue weighted by Crippen LogP contribution is 2.59. The molecular formula is C74H51N. The molecule has 0 amide bonds. The molecule has 0 spiro atoms. The fourth-order valence-corrected chi connectivity index (χ4v) is 12.7. The third kappa shape index (κ3) is 7.08. The van der Waals surface area contributed by atoms with E-state index >= 15 is 0 Å². The van der Waals surface area contributed by atoms with Crippen LogP contribution < -0.4 is 4.90 Å². The zero-order valence-corrected chi connectivity index (χ0v) is 41.4. The Bertz CT molecular complexity index is 3920. The van der Waals surface area contributed by atoms with E-state index in [0.717, 1.165) is 17.1 Å². The third-order valence-electron chi connectivity index (χ3n) is 16.1. The van der Waals surface area contributed by atoms with Gasteiger partial charge >= 0.3 is 0 Å². The van der Waals surface area contributed by atoms with Crippen LogP contribution in [0.1, 0.15) is 44.5 Å². The summed E-state index contributed by atoms with van der Waals surface area (Å²) in [7, 11) is 0. The lowest BCUT2D eigenvalue weighted by Crippen LogP contribution is -2.28. The molecule has 0 radical (unpaired) electrons. The number of rotatable bonds is 10. The molecule has 0 unspecified atom stereocenters. The Morgan fingerprint density at radius 3 is 0.960 bits per heavy atom. The molecule has 2 aliphatic rings. The first kappa shape index (κ1) is 44.2. The van der Waals surface area contributed by atoms with Crippen LogP contribution >= 0.6 is 0 Å². The molecule has 0 saturated heterocycles. The number of anilines is 3. The molecule has 0 aromatic heterocycles. The van der Waals surface area contributed by atoms with Gasteiger partial charge in [0, 0.05) is 17.1 Å². The van der Waals surface area contributed by atoms with Gasteiger partial charge in [-0.15, -0.1) is 0 Å². The van der Waals surface area contributed by atoms with E-state index in [9.17, 15) is 0 Å². The van der Waals surface area contributed by atoms with Crippen LogP contribution in [0.5, 0.6) is 0 Å². The van der Waals surface area contributed by atoms with E-state index in [1.54, 1.807) is 0 Å². The second-order valence-corrected chi connectivity index (χ2v) is 19.9. The molecule has 12 aromatic carbocycles. The normalized spacial score (nSPS) is 13.3. The van der Waals surface area contributed by atoms with Gasteiger partial charge in [0.2, 0.25) is 0 Å². The first-order chi connectivity index (χ1) is 37.2. The summed E-state index contributed by atoms with van der Waals surface area (Å²) in [6, 6.07) is 114. The highest BCUT2D eigenvalue weighted by atomic mass is 15.1. The zero-order chi connectivity index (χ0) is 49.8. The standard InChI is InChI=1S/C74H51N/c1-6-20-52(21-7-1)53-34-36-54(37-35-53)55-38-43-62(44-39-55)75(64-47-48-67-65-30-16-18-32-69(65)74(72(67)51-64,60-26-12-4-13-27-60)61-28-14-5-15-29-61)63-45-40-56(41-46-63)57-42-49-71-68(50-57)66-31-17-19-33-70(66)73(71,58-22-8-2-9-23-58)59-24-10-3-11-25-59/h1-51H. The largest absolute Gasteiger partial charge is 0.310 e. The fraction of sp³-hybridized carbons (Fsp3) is 0.0270. The lowest BCUT2D eigenvalue weighted by Gasteiger charge is -2.35. The number of benzene rings is 12. The van der Waals surface area contributed by atoms with E-state index in [4.69, 9.17) is 0 Å². The molecule has 2 aliphatic carbocycles. The highest BCUT2D eigenvalue weighted by molar-refractivity contribution is 5.92. The van der Waals surface area contributed by atoms with Crippen molar-refractivity contribution in [2.24, 2.45) is 0 Å². The number of hydrogen-bond donors (Lipinski definition) is 0. The van der Waals surface area contributed by atoms with Crippen molar-refractivity contribution in [3.63, 3.8) is 0 Å². The second-order valence-electron chi connectivity index (χ2n) is 19.9. The van der Waals surface area contributed by atoms with Crippen molar-refractivity contribution in [2.45, 2.75) is 10.8 Å². The van der Waals surface area contributed by atoms with Crippen molar-refractivity contribution < 1.29 is 0 Å². The summed E-state index contributed by atoms with van der Waals surface area (Å²) < 4.78 is 0. The number of fused-ring (bicyclic) bond motifs is 6. The molecule has 0 aliphatic heterocycles. The Hall–Kier alpha value is -9.56. The molecule has 12 aromatic rings. The van der Waals surface area contributed by atoms with Gasteiger partial charge in [0.1, 0.15) is 0 Å². The van der Waals surface area contributed by atoms with E-state index in [0.29, 0.717) is 0 Å². The zero-order valence-electron chi connectivity index (χ0n) is 41.4. The minimum Gasteiger partial charge on any atom is -0.310 e. The van der Waals surface area contributed by atoms with Crippen LogP contribution in [0.3, 0.4) is 0 Å². The number of nitrogens with zero attached hydrogens (tertiary/aromatic N) is 1. The van der Waals surface area contributed by atoms with E-state index in [1.165, 1.54) is 100 Å². The summed E-state index contributed by atoms with van der Waals surface area (Å²) in [6.07, 6.45) is 0. The molecular weight excluding hydrogens is 903 g/mol. The van der Waals surface area contributed by atoms with Crippen LogP contribution in [0.2, 0.25) is 0 Å². The molecule has 0 N–H and O–H groups in total. The van der Waals surface area contributed by atoms with E-state index in [-0.39, 0.29) is 0 Å². The van der Waals surface area contributed by atoms with Crippen molar-refractivity contribution in [2.75, 3.05) is 4.90 Å². The van der Waals surface area contributed by atoms with E-state index < -0.39 is 10.8 Å². The van der Waals surface area contributed by atoms with Crippen LogP contribution in [-0.2, 0) is 10.8 Å². The van der Waals surface area contributed by atoms with Crippen LogP contribution in [0.15, 0.2) is 309 Å². The van der Waals surface area contributed by atoms with Gasteiger partial charge in [0.05, 0.1) is 10.8 Å². The van der Waals surface area contributed by atoms with Crippen molar-refractivity contribution in [1.29, 1.82) is 0 Å². The first-order valence-electron chi connectivity index (χ1n) is 26.1. The molecule has 1 nitrogen and oxygen atoms in total. The summed E-state index contributed by atoms with van der Waals surface area (Å²) in [4.78, 5) is 2.43. The summed E-state index contributed by atoms with van der Waals surface area (Å²) >= 11 is 0. The Labute approximate surface area is 440 Å². The molecule has 1 heteroatoms. The minimum absolute atomic E-state index is 0.436. The lowest BCUT2D eigenvalue weighted by atomic mass is 9.67. The molecule has 0 bridgehead atoms. The van der Waals surface area contributed by atoms with Gasteiger partial charge < -0.3 is 4.90 Å². The molecule has 0 heterocycles. The van der Waals surface area contributed by atoms with Gasteiger partial charge in [-0.2, -0.15) is 0 Å². The maximum atomic E-state index is 2.46. The molecule has 14 rings (SSSR count). The average Bonchev–Trinajstić information content (AvgIpc) is 4.06. The van der Waals surface area contributed by atoms with Gasteiger partial charge in [0.25, 0.3) is 0 Å². The van der Waals surface area contributed by atoms with Crippen molar-refractivity contribution >= 4 is 17.1 Å². The molecule has 0 atom stereocenters. The highest BCUT2D eigenvalue weighted by Gasteiger charge is 2.47.